The smallest absolute Gasteiger partial charge is 0.326 e. The van der Waals surface area contributed by atoms with Crippen molar-refractivity contribution < 1.29 is 197 Å². The van der Waals surface area contributed by atoms with Gasteiger partial charge in [-0.3, -0.25) is 24.0 Å². The maximum Gasteiger partial charge on any atom is 0.326 e. The van der Waals surface area contributed by atoms with Gasteiger partial charge in [-0.25, -0.2) is 9.59 Å². The van der Waals surface area contributed by atoms with E-state index in [-0.39, 0.29) is 29.8 Å². The topological polar surface area (TPSA) is 728 Å². The minimum Gasteiger partial charge on any atom is -0.480 e. The molecule has 0 aliphatic carbocycles. The van der Waals surface area contributed by atoms with E-state index >= 15 is 0 Å². The number of carboxylic acids is 1. The second kappa shape index (κ2) is 39.7. The van der Waals surface area contributed by atoms with Crippen LogP contribution in [0.4, 0.5) is 4.79 Å². The summed E-state index contributed by atoms with van der Waals surface area (Å²) in [5, 5.41) is 238. The first-order chi connectivity index (χ1) is 52.2. The second-order valence-corrected chi connectivity index (χ2v) is 29.2. The molecule has 9 heterocycles. The fourth-order valence-corrected chi connectivity index (χ4v) is 15.9. The molecule has 0 saturated carbocycles. The highest BCUT2D eigenvalue weighted by Gasteiger charge is 2.60. The Morgan fingerprint density at radius 2 is 0.864 bits per heavy atom. The summed E-state index contributed by atoms with van der Waals surface area (Å²) < 4.78 is 76.8. The van der Waals surface area contributed by atoms with Crippen molar-refractivity contribution in [2.75, 3.05) is 52.0 Å². The highest BCUT2D eigenvalue weighted by Crippen LogP contribution is 2.39. The summed E-state index contributed by atoms with van der Waals surface area (Å²) in [5.74, 6) is -5.48. The van der Waals surface area contributed by atoms with Crippen LogP contribution in [0.15, 0.2) is 0 Å². The van der Waals surface area contributed by atoms with Gasteiger partial charge in [-0.05, 0) is 12.8 Å². The molecule has 0 aromatic rings. The first-order valence-electron chi connectivity index (χ1n) is 35.5. The Morgan fingerprint density at radius 1 is 0.436 bits per heavy atom. The quantitative estimate of drug-likeness (QED) is 0.0220. The zero-order chi connectivity index (χ0) is 80.6. The number of unbranched alkanes of at least 4 members (excludes halogenated alkanes) is 1. The molecule has 9 aliphatic heterocycles. The third kappa shape index (κ3) is 20.7. The average Bonchev–Trinajstić information content (AvgIpc) is 0.931. The van der Waals surface area contributed by atoms with E-state index < -0.39 is 309 Å². The molecule has 47 nitrogen and oxygen atoms in total. The molecular formula is C62H101N7O40S. The highest BCUT2D eigenvalue weighted by molar-refractivity contribution is 8.00. The number of hydrogen-bond acceptors (Lipinski definition) is 40. The monoisotopic (exact) mass is 1620 g/mol. The van der Waals surface area contributed by atoms with E-state index in [1.165, 1.54) is 0 Å². The zero-order valence-corrected chi connectivity index (χ0v) is 60.0. The number of aliphatic hydroxyl groups excluding tert-OH is 19. The van der Waals surface area contributed by atoms with Crippen molar-refractivity contribution in [1.82, 2.24) is 37.2 Å². The van der Waals surface area contributed by atoms with Crippen LogP contribution < -0.4 is 37.2 Å². The number of nitrogens with one attached hydrogen (secondary N) is 7. The summed E-state index contributed by atoms with van der Waals surface area (Å²) in [6.45, 7) is -4.56. The van der Waals surface area contributed by atoms with Gasteiger partial charge in [0.05, 0.1) is 64.8 Å². The number of aliphatic carboxylic acids is 1. The van der Waals surface area contributed by atoms with Gasteiger partial charge in [-0.15, -0.1) is 0 Å². The third-order valence-electron chi connectivity index (χ3n) is 20.2. The van der Waals surface area contributed by atoms with Gasteiger partial charge < -0.3 is 201 Å². The number of fused-ring (bicyclic) bond motifs is 1. The Morgan fingerprint density at radius 3 is 1.38 bits per heavy atom. The number of thioether (sulfide) groups is 1. The van der Waals surface area contributed by atoms with Gasteiger partial charge >= 0.3 is 12.0 Å². The molecule has 9 aliphatic rings. The first kappa shape index (κ1) is 89.1. The van der Waals surface area contributed by atoms with Crippen molar-refractivity contribution in [2.45, 2.75) is 291 Å². The lowest BCUT2D eigenvalue weighted by Crippen LogP contribution is -2.71. The highest BCUT2D eigenvalue weighted by atomic mass is 32.2. The summed E-state index contributed by atoms with van der Waals surface area (Å²) in [5.41, 5.74) is 0. The van der Waals surface area contributed by atoms with E-state index in [4.69, 9.17) is 61.6 Å². The van der Waals surface area contributed by atoms with Crippen molar-refractivity contribution in [2.24, 2.45) is 0 Å². The third-order valence-corrected chi connectivity index (χ3v) is 21.7. The molecule has 0 aromatic heterocycles. The van der Waals surface area contributed by atoms with Crippen LogP contribution in [0.5, 0.6) is 0 Å². The lowest BCUT2D eigenvalue weighted by molar-refractivity contribution is -0.397. The number of ether oxygens (including phenoxy) is 13. The average molecular weight is 1620 g/mol. The molecular weight excluding hydrogens is 1510 g/mol. The van der Waals surface area contributed by atoms with E-state index in [0.717, 1.165) is 20.8 Å². The van der Waals surface area contributed by atoms with Crippen LogP contribution in [0.2, 0.25) is 0 Å². The van der Waals surface area contributed by atoms with E-state index in [1.54, 1.807) is 11.8 Å². The molecule has 0 spiro atoms. The van der Waals surface area contributed by atoms with Crippen molar-refractivity contribution in [3.8, 4) is 0 Å². The first-order valence-corrected chi connectivity index (χ1v) is 36.5. The predicted octanol–water partition coefficient (Wildman–Crippen LogP) is -16.0. The molecule has 9 fully saturated rings. The van der Waals surface area contributed by atoms with E-state index in [1.807, 2.05) is 0 Å². The Balaban J connectivity index is 0.932. The predicted molar refractivity (Wildman–Crippen MR) is 351 cm³/mol. The maximum absolute atomic E-state index is 13.6. The number of carbonyl (C=O) groups is 7. The van der Waals surface area contributed by atoms with Gasteiger partial charge in [0.25, 0.3) is 0 Å². The second-order valence-electron chi connectivity index (χ2n) is 27.9. The fourth-order valence-electron chi connectivity index (χ4n) is 14.4. The summed E-state index contributed by atoms with van der Waals surface area (Å²) in [4.78, 5) is 89.5. The molecule has 9 saturated heterocycles. The van der Waals surface area contributed by atoms with Gasteiger partial charge in [0, 0.05) is 38.2 Å². The summed E-state index contributed by atoms with van der Waals surface area (Å²) in [7, 11) is 0. The largest absolute Gasteiger partial charge is 0.480 e. The van der Waals surface area contributed by atoms with Crippen molar-refractivity contribution >= 4 is 53.3 Å². The number of aliphatic hydroxyl groups is 19. The lowest BCUT2D eigenvalue weighted by Gasteiger charge is -2.51. The van der Waals surface area contributed by atoms with Gasteiger partial charge in [-0.2, -0.15) is 11.8 Å². The van der Waals surface area contributed by atoms with E-state index in [0.29, 0.717) is 25.0 Å². The number of carbonyl (C=O) groups excluding carboxylic acids is 6. The molecule has 9 rings (SSSR count). The SMILES string of the molecule is CC(=O)NC1[C@H](OC2C(O)[C@@H](O)C(CO)O[C@H]2O[C@@H]2C(O)[C@H](O[C@H]3C(CO)O[C@@H](O[C@H]4C(CO)O[C@@H](NC(=O)CC(NC(=O)CCCCC5SCC6NC(=O)NC65)C(=O)O)C(NC(C)=O)[C@H]4O)C(NC(C)=O)[C@H]3O)OC(CO[C@@H]3OC(CO)[C@H](O)[C@H](O)C3O)[C@@H]2O)OC(CO)[C@H](O[C@@H]2OC(CO)[C@H](O)[C@H](O)C2O)[C@@H]1O. The Kier molecular flexibility index (Phi) is 32.1. The summed E-state index contributed by atoms with van der Waals surface area (Å²) in [6, 6.07) is -7.78. The van der Waals surface area contributed by atoms with Crippen LogP contribution in [0.25, 0.3) is 0 Å². The van der Waals surface area contributed by atoms with Gasteiger partial charge in [-0.1, -0.05) is 6.42 Å². The van der Waals surface area contributed by atoms with Gasteiger partial charge in [0.2, 0.25) is 29.5 Å². The van der Waals surface area contributed by atoms with Crippen LogP contribution in [-0.2, 0) is 90.3 Å². The molecule has 39 atom stereocenters. The van der Waals surface area contributed by atoms with Crippen molar-refractivity contribution in [1.29, 1.82) is 0 Å². The van der Waals surface area contributed by atoms with Crippen LogP contribution in [0.1, 0.15) is 52.9 Å². The lowest BCUT2D eigenvalue weighted by atomic mass is 9.93. The molecule has 0 bridgehead atoms. The number of amides is 7. The fraction of sp³-hybridized carbons (Fsp3) is 0.887. The minimum absolute atomic E-state index is 0.0202. The van der Waals surface area contributed by atoms with Crippen LogP contribution in [0.3, 0.4) is 0 Å². The Labute approximate surface area is 628 Å². The normalized spacial score (nSPS) is 44.4. The summed E-state index contributed by atoms with van der Waals surface area (Å²) >= 11 is 1.67. The zero-order valence-electron chi connectivity index (χ0n) is 59.2. The van der Waals surface area contributed by atoms with Gasteiger partial charge in [0.1, 0.15) is 177 Å². The van der Waals surface area contributed by atoms with Gasteiger partial charge in [0.15, 0.2) is 44.0 Å². The van der Waals surface area contributed by atoms with Crippen LogP contribution in [-0.4, -0.2) is 434 Å². The molecule has 0 radical (unpaired) electrons. The standard InChI is InChI=1S/C62H101N7O40S/c1-17(76)63-33-40(85)49(25(12-73)98-54(33)68-31(80)8-20(55(94)95)66-30(79)7-5-4-6-29-32-21(16-110-29)67-62(96)69-32)105-56-34(64-18(2)77)41(86)51(27(14-75)102-56)107-60-48(93)52(39(84)28(104-60)15-97-58-46(91)43(88)36(81)22(9-70)99-58)108-61-53(45(90)38(83)24(11-72)101-61)109-57-35(65-19(3)78)42(87)50(26(13-74)103-57)106-59-47(92)44(89)37(82)23(10-71)100-59/h20-29,32-54,56-61,70-75,81-93H,4-16H2,1-3H3,(H,63,76)(H,64,77)(H,65,78)(H,66,79)(H,68,80)(H,94,95)(H2,67,69,96)/t20?,21?,22?,23?,24?,25?,26?,27?,28?,29?,32?,33?,34?,35?,36-,37-,38-,39-,40+,41+,42+,43-,44-,45?,46?,47?,48?,49-,50-,51-,52-,53?,54+,56-,57-,58+,59-,60-,61-/m0/s1. The number of urea groups is 1. The number of hydrogen-bond donors (Lipinski definition) is 27. The van der Waals surface area contributed by atoms with Crippen molar-refractivity contribution in [3.05, 3.63) is 0 Å². The Bertz CT molecular complexity index is 3040. The Hall–Kier alpha value is -4.84. The van der Waals surface area contributed by atoms with Crippen LogP contribution >= 0.6 is 11.8 Å². The van der Waals surface area contributed by atoms with Crippen molar-refractivity contribution in [3.63, 3.8) is 0 Å². The molecule has 0 aromatic carbocycles. The number of rotatable bonds is 32. The molecule has 48 heteroatoms. The molecule has 27 N–H and O–H groups in total. The van der Waals surface area contributed by atoms with E-state index in [2.05, 4.69) is 37.2 Å². The number of carboxylic acid groups (broad SMARTS) is 1. The molecule has 19 unspecified atom stereocenters. The van der Waals surface area contributed by atoms with E-state index in [9.17, 15) is 136 Å². The maximum atomic E-state index is 13.6. The van der Waals surface area contributed by atoms with Crippen LogP contribution in [0, 0.1) is 0 Å². The minimum atomic E-state index is -2.49. The summed E-state index contributed by atoms with van der Waals surface area (Å²) in [6.07, 6.45) is -65.0. The molecule has 630 valence electrons. The molecule has 110 heavy (non-hydrogen) atoms. The molecule has 7 amide bonds.